The number of halogens is 3. The second-order valence-corrected chi connectivity index (χ2v) is 6.29. The van der Waals surface area contributed by atoms with Crippen molar-refractivity contribution in [1.29, 1.82) is 0 Å². The van der Waals surface area contributed by atoms with Gasteiger partial charge in [-0.25, -0.2) is 0 Å². The molecule has 1 aliphatic rings. The SMILES string of the molecule is O=C(c1cccc(O)c1)N1CCN(c2ccc(C(F)(F)F)cc2[N+](=O)[O-])CC1. The molecule has 0 aliphatic carbocycles. The number of piperazine rings is 1. The molecule has 0 aromatic heterocycles. The molecule has 28 heavy (non-hydrogen) atoms. The molecular formula is C18H16F3N3O4. The Labute approximate surface area is 157 Å². The Hall–Kier alpha value is -3.30. The van der Waals surface area contributed by atoms with E-state index in [1.54, 1.807) is 17.0 Å². The van der Waals surface area contributed by atoms with E-state index in [0.717, 1.165) is 12.1 Å². The van der Waals surface area contributed by atoms with Crippen LogP contribution in [0.15, 0.2) is 42.5 Å². The van der Waals surface area contributed by atoms with E-state index < -0.39 is 22.4 Å². The van der Waals surface area contributed by atoms with Gasteiger partial charge in [0.1, 0.15) is 11.4 Å². The summed E-state index contributed by atoms with van der Waals surface area (Å²) in [5.41, 5.74) is -1.31. The molecule has 148 valence electrons. The summed E-state index contributed by atoms with van der Waals surface area (Å²) >= 11 is 0. The molecule has 0 spiro atoms. The molecule has 1 N–H and O–H groups in total. The molecular weight excluding hydrogens is 379 g/mol. The lowest BCUT2D eigenvalue weighted by Gasteiger charge is -2.36. The Morgan fingerprint density at radius 3 is 2.32 bits per heavy atom. The van der Waals surface area contributed by atoms with Crippen molar-refractivity contribution in [3.8, 4) is 5.75 Å². The number of nitro benzene ring substituents is 1. The van der Waals surface area contributed by atoms with E-state index in [1.807, 2.05) is 0 Å². The number of hydrogen-bond acceptors (Lipinski definition) is 5. The monoisotopic (exact) mass is 395 g/mol. The number of amides is 1. The van der Waals surface area contributed by atoms with Gasteiger partial charge in [0.05, 0.1) is 10.5 Å². The lowest BCUT2D eigenvalue weighted by molar-refractivity contribution is -0.384. The lowest BCUT2D eigenvalue weighted by Crippen LogP contribution is -2.49. The minimum atomic E-state index is -4.67. The maximum absolute atomic E-state index is 12.8. The Kier molecular flexibility index (Phi) is 5.12. The van der Waals surface area contributed by atoms with Crippen LogP contribution < -0.4 is 4.90 Å². The highest BCUT2D eigenvalue weighted by Crippen LogP contribution is 2.36. The maximum Gasteiger partial charge on any atom is 0.416 e. The van der Waals surface area contributed by atoms with Crippen LogP contribution in [-0.4, -0.2) is 47.0 Å². The zero-order valence-corrected chi connectivity index (χ0v) is 14.5. The van der Waals surface area contributed by atoms with Crippen molar-refractivity contribution >= 4 is 17.3 Å². The summed E-state index contributed by atoms with van der Waals surface area (Å²) in [5, 5.41) is 20.7. The third-order valence-electron chi connectivity index (χ3n) is 4.50. The van der Waals surface area contributed by atoms with Crippen LogP contribution in [0.25, 0.3) is 0 Å². The van der Waals surface area contributed by atoms with E-state index in [-0.39, 0.29) is 43.5 Å². The fraction of sp³-hybridized carbons (Fsp3) is 0.278. The van der Waals surface area contributed by atoms with Gasteiger partial charge in [-0.1, -0.05) is 6.07 Å². The number of benzene rings is 2. The summed E-state index contributed by atoms with van der Waals surface area (Å²) in [6.45, 7) is 0.951. The van der Waals surface area contributed by atoms with Crippen molar-refractivity contribution in [3.05, 3.63) is 63.7 Å². The number of rotatable bonds is 3. The van der Waals surface area contributed by atoms with Gasteiger partial charge < -0.3 is 14.9 Å². The number of nitro groups is 1. The number of carbonyl (C=O) groups is 1. The van der Waals surface area contributed by atoms with Gasteiger partial charge >= 0.3 is 6.18 Å². The van der Waals surface area contributed by atoms with E-state index in [4.69, 9.17) is 0 Å². The molecule has 0 unspecified atom stereocenters. The molecule has 3 rings (SSSR count). The highest BCUT2D eigenvalue weighted by atomic mass is 19.4. The molecule has 1 heterocycles. The van der Waals surface area contributed by atoms with Crippen LogP contribution in [0.5, 0.6) is 5.75 Å². The first-order chi connectivity index (χ1) is 13.2. The zero-order valence-electron chi connectivity index (χ0n) is 14.5. The van der Waals surface area contributed by atoms with Crippen molar-refractivity contribution < 1.29 is 28.0 Å². The van der Waals surface area contributed by atoms with Crippen LogP contribution >= 0.6 is 0 Å². The van der Waals surface area contributed by atoms with Crippen molar-refractivity contribution in [1.82, 2.24) is 4.90 Å². The minimum Gasteiger partial charge on any atom is -0.508 e. The minimum absolute atomic E-state index is 0.0372. The Bertz CT molecular complexity index is 909. The topological polar surface area (TPSA) is 86.9 Å². The summed E-state index contributed by atoms with van der Waals surface area (Å²) in [6.07, 6.45) is -4.67. The second-order valence-electron chi connectivity index (χ2n) is 6.29. The van der Waals surface area contributed by atoms with E-state index in [9.17, 15) is 33.2 Å². The van der Waals surface area contributed by atoms with E-state index in [2.05, 4.69) is 0 Å². The smallest absolute Gasteiger partial charge is 0.416 e. The number of aromatic hydroxyl groups is 1. The van der Waals surface area contributed by atoms with Gasteiger partial charge in [0.25, 0.3) is 11.6 Å². The van der Waals surface area contributed by atoms with Crippen LogP contribution in [0, 0.1) is 10.1 Å². The number of phenols is 1. The van der Waals surface area contributed by atoms with Crippen molar-refractivity contribution in [3.63, 3.8) is 0 Å². The average molecular weight is 395 g/mol. The van der Waals surface area contributed by atoms with Crippen LogP contribution in [0.1, 0.15) is 15.9 Å². The molecule has 2 aromatic rings. The predicted octanol–water partition coefficient (Wildman–Crippen LogP) is 3.28. The Morgan fingerprint density at radius 1 is 1.07 bits per heavy atom. The van der Waals surface area contributed by atoms with Crippen LogP contribution in [0.4, 0.5) is 24.5 Å². The summed E-state index contributed by atoms with van der Waals surface area (Å²) in [6, 6.07) is 8.33. The fourth-order valence-electron chi connectivity index (χ4n) is 3.09. The molecule has 1 amide bonds. The van der Waals surface area contributed by atoms with Crippen molar-refractivity contribution in [2.75, 3.05) is 31.1 Å². The number of phenolic OH excluding ortho intramolecular Hbond substituents is 1. The van der Waals surface area contributed by atoms with Gasteiger partial charge in [-0.15, -0.1) is 0 Å². The van der Waals surface area contributed by atoms with Gasteiger partial charge in [0, 0.05) is 37.8 Å². The normalized spacial score (nSPS) is 14.8. The average Bonchev–Trinajstić information content (AvgIpc) is 2.66. The number of carbonyl (C=O) groups excluding carboxylic acids is 1. The number of hydrogen-bond donors (Lipinski definition) is 1. The van der Waals surface area contributed by atoms with E-state index >= 15 is 0 Å². The van der Waals surface area contributed by atoms with Gasteiger partial charge in [0.15, 0.2) is 0 Å². The number of alkyl halides is 3. The van der Waals surface area contributed by atoms with Crippen molar-refractivity contribution in [2.24, 2.45) is 0 Å². The molecule has 0 radical (unpaired) electrons. The lowest BCUT2D eigenvalue weighted by atomic mass is 10.1. The summed E-state index contributed by atoms with van der Waals surface area (Å²) in [4.78, 5) is 26.0. The predicted molar refractivity (Wildman–Crippen MR) is 94.3 cm³/mol. The molecule has 7 nitrogen and oxygen atoms in total. The third-order valence-corrected chi connectivity index (χ3v) is 4.50. The van der Waals surface area contributed by atoms with E-state index in [0.29, 0.717) is 11.6 Å². The molecule has 1 saturated heterocycles. The molecule has 0 saturated carbocycles. The van der Waals surface area contributed by atoms with Crippen LogP contribution in [-0.2, 0) is 6.18 Å². The van der Waals surface area contributed by atoms with Gasteiger partial charge in [-0.2, -0.15) is 13.2 Å². The number of nitrogens with zero attached hydrogens (tertiary/aromatic N) is 3. The van der Waals surface area contributed by atoms with E-state index in [1.165, 1.54) is 17.0 Å². The molecule has 0 bridgehead atoms. The van der Waals surface area contributed by atoms with Crippen molar-refractivity contribution in [2.45, 2.75) is 6.18 Å². The fourth-order valence-corrected chi connectivity index (χ4v) is 3.09. The van der Waals surface area contributed by atoms with Crippen LogP contribution in [0.2, 0.25) is 0 Å². The molecule has 1 fully saturated rings. The highest BCUT2D eigenvalue weighted by molar-refractivity contribution is 5.94. The quantitative estimate of drug-likeness (QED) is 0.637. The number of anilines is 1. The first-order valence-corrected chi connectivity index (χ1v) is 8.35. The maximum atomic E-state index is 12.8. The third kappa shape index (κ3) is 4.00. The first-order valence-electron chi connectivity index (χ1n) is 8.35. The summed E-state index contributed by atoms with van der Waals surface area (Å²) < 4.78 is 38.5. The van der Waals surface area contributed by atoms with Gasteiger partial charge in [-0.05, 0) is 30.3 Å². The van der Waals surface area contributed by atoms with Crippen LogP contribution in [0.3, 0.4) is 0 Å². The molecule has 0 atom stereocenters. The summed E-state index contributed by atoms with van der Waals surface area (Å²) in [5.74, 6) is -0.331. The first kappa shape index (κ1) is 19.5. The molecule has 2 aromatic carbocycles. The standard InChI is InChI=1S/C18H16F3N3O4/c19-18(20,21)13-4-5-15(16(11-13)24(27)28)22-6-8-23(9-7-22)17(26)12-2-1-3-14(25)10-12/h1-5,10-11,25H,6-9H2. The Balaban J connectivity index is 1.76. The highest BCUT2D eigenvalue weighted by Gasteiger charge is 2.34. The Morgan fingerprint density at radius 2 is 1.75 bits per heavy atom. The molecule has 10 heteroatoms. The largest absolute Gasteiger partial charge is 0.508 e. The van der Waals surface area contributed by atoms with Gasteiger partial charge in [0.2, 0.25) is 0 Å². The zero-order chi connectivity index (χ0) is 20.5. The summed E-state index contributed by atoms with van der Waals surface area (Å²) in [7, 11) is 0. The second kappa shape index (κ2) is 7.37. The van der Waals surface area contributed by atoms with Gasteiger partial charge in [-0.3, -0.25) is 14.9 Å². The molecule has 1 aliphatic heterocycles.